The number of benzene rings is 1. The van der Waals surface area contributed by atoms with E-state index in [9.17, 15) is 19.5 Å². The summed E-state index contributed by atoms with van der Waals surface area (Å²) in [7, 11) is 3.03. The van der Waals surface area contributed by atoms with Crippen LogP contribution in [0.2, 0.25) is 0 Å². The first-order valence-electron chi connectivity index (χ1n) is 10.5. The molecule has 4 rings (SSSR count). The molecular formula is C22H27BrN2O6. The van der Waals surface area contributed by atoms with Crippen LogP contribution in [0.1, 0.15) is 50.6 Å². The molecule has 3 fully saturated rings. The molecule has 2 saturated heterocycles. The van der Waals surface area contributed by atoms with Crippen LogP contribution in [0, 0.1) is 11.8 Å². The fourth-order valence-electron chi connectivity index (χ4n) is 5.46. The number of ether oxygens (including phenoxy) is 2. The molecule has 0 aromatic heterocycles. The largest absolute Gasteiger partial charge is 0.493 e. The molecule has 2 amide bonds. The Bertz CT molecular complexity index is 931. The predicted octanol–water partition coefficient (Wildman–Crippen LogP) is 2.89. The number of hydrogen-bond acceptors (Lipinski definition) is 6. The van der Waals surface area contributed by atoms with Crippen LogP contribution in [0.25, 0.3) is 0 Å². The summed E-state index contributed by atoms with van der Waals surface area (Å²) in [4.78, 5) is 40.6. The molecule has 8 nitrogen and oxygen atoms in total. The molecule has 3 aliphatic rings. The van der Waals surface area contributed by atoms with Gasteiger partial charge in [0, 0.05) is 12.1 Å². The fraction of sp³-hybridized carbons (Fsp3) is 0.591. The zero-order valence-corrected chi connectivity index (χ0v) is 19.4. The van der Waals surface area contributed by atoms with E-state index >= 15 is 0 Å². The molecule has 9 heteroatoms. The molecule has 1 aromatic carbocycles. The Morgan fingerprint density at radius 3 is 2.42 bits per heavy atom. The molecule has 4 unspecified atom stereocenters. The van der Waals surface area contributed by atoms with Gasteiger partial charge >= 0.3 is 5.97 Å². The number of fused-ring (bicyclic) bond motifs is 1. The van der Waals surface area contributed by atoms with Gasteiger partial charge in [0.25, 0.3) is 0 Å². The average Bonchev–Trinajstić information content (AvgIpc) is 3.21. The summed E-state index contributed by atoms with van der Waals surface area (Å²) in [6, 6.07) is 2.72. The third-order valence-electron chi connectivity index (χ3n) is 7.02. The van der Waals surface area contributed by atoms with Gasteiger partial charge in [0.15, 0.2) is 11.5 Å². The number of carboxylic acid groups (broad SMARTS) is 1. The standard InChI is InChI=1S/C22H27BrN2O6/c1-22(21(28)29)16-15(19(26)25(20(16)27)12-7-5-4-6-8-12)17(24-22)11-9-13(23)18(31-3)14(10-11)30-2/h9-10,12,15-17,24H,4-8H2,1-3H3,(H,28,29). The van der Waals surface area contributed by atoms with Crippen molar-refractivity contribution >= 4 is 33.7 Å². The second-order valence-electron chi connectivity index (χ2n) is 8.71. The molecule has 1 aromatic rings. The molecule has 4 atom stereocenters. The monoisotopic (exact) mass is 494 g/mol. The van der Waals surface area contributed by atoms with Crippen molar-refractivity contribution in [1.29, 1.82) is 0 Å². The quantitative estimate of drug-likeness (QED) is 0.606. The normalized spacial score (nSPS) is 31.1. The molecule has 2 N–H and O–H groups in total. The zero-order chi connectivity index (χ0) is 22.5. The lowest BCUT2D eigenvalue weighted by molar-refractivity contribution is -0.151. The minimum absolute atomic E-state index is 0.143. The highest BCUT2D eigenvalue weighted by Crippen LogP contribution is 2.51. The van der Waals surface area contributed by atoms with Crippen molar-refractivity contribution in [3.05, 3.63) is 22.2 Å². The Kier molecular flexibility index (Phi) is 5.76. The van der Waals surface area contributed by atoms with Crippen molar-refractivity contribution in [3.63, 3.8) is 0 Å². The van der Waals surface area contributed by atoms with E-state index in [1.54, 1.807) is 12.1 Å². The van der Waals surface area contributed by atoms with E-state index < -0.39 is 29.4 Å². The third kappa shape index (κ3) is 3.33. The number of likely N-dealkylation sites (tertiary alicyclic amines) is 1. The number of rotatable bonds is 5. The van der Waals surface area contributed by atoms with Gasteiger partial charge in [0.2, 0.25) is 11.8 Å². The highest BCUT2D eigenvalue weighted by atomic mass is 79.9. The summed E-state index contributed by atoms with van der Waals surface area (Å²) in [5.41, 5.74) is -0.887. The van der Waals surface area contributed by atoms with Crippen LogP contribution in [0.15, 0.2) is 16.6 Å². The summed E-state index contributed by atoms with van der Waals surface area (Å²) < 4.78 is 11.4. The Morgan fingerprint density at radius 1 is 1.16 bits per heavy atom. The minimum atomic E-state index is -1.55. The Labute approximate surface area is 189 Å². The third-order valence-corrected chi connectivity index (χ3v) is 7.61. The molecule has 0 bridgehead atoms. The van der Waals surface area contributed by atoms with Crippen molar-refractivity contribution in [2.24, 2.45) is 11.8 Å². The number of carboxylic acids is 1. The smallest absolute Gasteiger partial charge is 0.324 e. The van der Waals surface area contributed by atoms with Crippen molar-refractivity contribution in [2.45, 2.75) is 56.7 Å². The van der Waals surface area contributed by atoms with E-state index in [2.05, 4.69) is 21.2 Å². The van der Waals surface area contributed by atoms with E-state index in [0.29, 0.717) is 21.5 Å². The SMILES string of the molecule is COc1cc(C2NC(C)(C(=O)O)C3C(=O)N(C4CCCCC4)C(=O)C23)cc(Br)c1OC. The molecule has 0 radical (unpaired) electrons. The summed E-state index contributed by atoms with van der Waals surface area (Å²) in [6.07, 6.45) is 4.59. The highest BCUT2D eigenvalue weighted by Gasteiger charge is 2.67. The summed E-state index contributed by atoms with van der Waals surface area (Å²) in [6.45, 7) is 1.50. The van der Waals surface area contributed by atoms with Gasteiger partial charge in [0.05, 0.1) is 30.5 Å². The number of nitrogens with zero attached hydrogens (tertiary/aromatic N) is 1. The zero-order valence-electron chi connectivity index (χ0n) is 17.8. The molecule has 0 spiro atoms. The number of hydrogen-bond donors (Lipinski definition) is 2. The van der Waals surface area contributed by atoms with Crippen LogP contribution in [-0.2, 0) is 14.4 Å². The molecule has 2 aliphatic heterocycles. The first-order valence-corrected chi connectivity index (χ1v) is 11.3. The first-order chi connectivity index (χ1) is 14.7. The van der Waals surface area contributed by atoms with Crippen LogP contribution in [0.3, 0.4) is 0 Å². The van der Waals surface area contributed by atoms with Crippen molar-refractivity contribution in [2.75, 3.05) is 14.2 Å². The number of aliphatic carboxylic acids is 1. The van der Waals surface area contributed by atoms with Gasteiger partial charge in [-0.2, -0.15) is 0 Å². The molecule has 2 heterocycles. The number of carbonyl (C=O) groups excluding carboxylic acids is 2. The van der Waals surface area contributed by atoms with Crippen LogP contribution in [0.5, 0.6) is 11.5 Å². The van der Waals surface area contributed by atoms with Gasteiger partial charge in [-0.25, -0.2) is 0 Å². The summed E-state index contributed by atoms with van der Waals surface area (Å²) in [5, 5.41) is 13.1. The first kappa shape index (κ1) is 22.1. The number of nitrogens with one attached hydrogen (secondary N) is 1. The predicted molar refractivity (Wildman–Crippen MR) is 115 cm³/mol. The second-order valence-corrected chi connectivity index (χ2v) is 9.56. The molecule has 1 aliphatic carbocycles. The number of halogens is 1. The van der Waals surface area contributed by atoms with Crippen LogP contribution in [-0.4, -0.2) is 53.6 Å². The van der Waals surface area contributed by atoms with E-state index in [0.717, 1.165) is 32.1 Å². The summed E-state index contributed by atoms with van der Waals surface area (Å²) in [5.74, 6) is -2.60. The van der Waals surface area contributed by atoms with Gasteiger partial charge in [-0.05, 0) is 53.4 Å². The number of carbonyl (C=O) groups is 3. The maximum absolute atomic E-state index is 13.6. The van der Waals surface area contributed by atoms with Crippen molar-refractivity contribution < 1.29 is 29.0 Å². The number of imide groups is 1. The van der Waals surface area contributed by atoms with E-state index in [4.69, 9.17) is 9.47 Å². The molecule has 31 heavy (non-hydrogen) atoms. The van der Waals surface area contributed by atoms with E-state index in [1.165, 1.54) is 26.0 Å². The fourth-order valence-corrected chi connectivity index (χ4v) is 6.08. The Morgan fingerprint density at radius 2 is 1.84 bits per heavy atom. The number of methoxy groups -OCH3 is 2. The minimum Gasteiger partial charge on any atom is -0.493 e. The maximum atomic E-state index is 13.6. The van der Waals surface area contributed by atoms with Crippen molar-refractivity contribution in [3.8, 4) is 11.5 Å². The Hall–Kier alpha value is -2.13. The average molecular weight is 495 g/mol. The van der Waals surface area contributed by atoms with E-state index in [1.807, 2.05) is 0 Å². The Balaban J connectivity index is 1.79. The van der Waals surface area contributed by atoms with Crippen molar-refractivity contribution in [1.82, 2.24) is 10.2 Å². The maximum Gasteiger partial charge on any atom is 0.324 e. The van der Waals surface area contributed by atoms with Crippen LogP contribution < -0.4 is 14.8 Å². The van der Waals surface area contributed by atoms with E-state index in [-0.39, 0.29) is 17.9 Å². The van der Waals surface area contributed by atoms with Gasteiger partial charge in [0.1, 0.15) is 5.54 Å². The molecule has 1 saturated carbocycles. The number of amides is 2. The lowest BCUT2D eigenvalue weighted by atomic mass is 9.80. The van der Waals surface area contributed by atoms with Gasteiger partial charge in [-0.1, -0.05) is 19.3 Å². The summed E-state index contributed by atoms with van der Waals surface area (Å²) >= 11 is 3.47. The second kappa shape index (κ2) is 8.09. The van der Waals surface area contributed by atoms with Gasteiger partial charge in [-0.3, -0.25) is 24.6 Å². The molecular weight excluding hydrogens is 468 g/mol. The lowest BCUT2D eigenvalue weighted by Crippen LogP contribution is -2.54. The highest BCUT2D eigenvalue weighted by molar-refractivity contribution is 9.10. The van der Waals surface area contributed by atoms with Gasteiger partial charge in [-0.15, -0.1) is 0 Å². The topological polar surface area (TPSA) is 105 Å². The lowest BCUT2D eigenvalue weighted by Gasteiger charge is -2.33. The van der Waals surface area contributed by atoms with Gasteiger partial charge < -0.3 is 14.6 Å². The van der Waals surface area contributed by atoms with Crippen LogP contribution in [0.4, 0.5) is 0 Å². The van der Waals surface area contributed by atoms with Crippen LogP contribution >= 0.6 is 15.9 Å². The molecule has 168 valence electrons.